The van der Waals surface area contributed by atoms with Crippen LogP contribution < -0.4 is 20.7 Å². The summed E-state index contributed by atoms with van der Waals surface area (Å²) in [6.07, 6.45) is 3.53. The molecule has 1 aromatic carbocycles. The van der Waals surface area contributed by atoms with Gasteiger partial charge in [0, 0.05) is 29.5 Å². The maximum Gasteiger partial charge on any atom is 0.287 e. The normalized spacial score (nSPS) is 15.8. The Morgan fingerprint density at radius 1 is 1.05 bits per heavy atom. The summed E-state index contributed by atoms with van der Waals surface area (Å²) < 4.78 is 32.4. The number of fused-ring (bicyclic) bond motifs is 1. The van der Waals surface area contributed by atoms with Crippen LogP contribution in [0.5, 0.6) is 0 Å². The maximum atomic E-state index is 12.9. The van der Waals surface area contributed by atoms with Crippen LogP contribution in [0.4, 0.5) is 0 Å². The van der Waals surface area contributed by atoms with E-state index in [1.165, 1.54) is 6.92 Å². The van der Waals surface area contributed by atoms with Gasteiger partial charge in [0.2, 0.25) is 27.7 Å². The van der Waals surface area contributed by atoms with E-state index < -0.39 is 52.5 Å². The first kappa shape index (κ1) is 32.5. The van der Waals surface area contributed by atoms with Crippen LogP contribution in [-0.4, -0.2) is 92.7 Å². The van der Waals surface area contributed by atoms with Gasteiger partial charge < -0.3 is 30.4 Å². The highest BCUT2D eigenvalue weighted by Crippen LogP contribution is 2.23. The highest BCUT2D eigenvalue weighted by Gasteiger charge is 2.30. The number of halogens is 1. The Hall–Kier alpha value is -3.01. The van der Waals surface area contributed by atoms with E-state index in [4.69, 9.17) is 4.42 Å². The van der Waals surface area contributed by atoms with E-state index in [0.29, 0.717) is 31.5 Å². The third kappa shape index (κ3) is 9.80. The largest absolute Gasteiger partial charge is 0.451 e. The lowest BCUT2D eigenvalue weighted by Crippen LogP contribution is -2.57. The lowest BCUT2D eigenvalue weighted by molar-refractivity contribution is -0.136. The molecule has 0 unspecified atom stereocenters. The monoisotopic (exact) mass is 657 g/mol. The van der Waals surface area contributed by atoms with Crippen molar-refractivity contribution in [1.29, 1.82) is 0 Å². The van der Waals surface area contributed by atoms with Crippen LogP contribution in [0.2, 0.25) is 0 Å². The van der Waals surface area contributed by atoms with Crippen LogP contribution in [0.25, 0.3) is 11.0 Å². The summed E-state index contributed by atoms with van der Waals surface area (Å²) >= 11 is 3.35. The van der Waals surface area contributed by atoms with Gasteiger partial charge in [0.25, 0.3) is 5.91 Å². The van der Waals surface area contributed by atoms with Crippen LogP contribution in [-0.2, 0) is 24.4 Å². The SMILES string of the molecule is C[C@H](NC(=O)[C@H](CO)NC(=O)[C@H](CCCCNC(=O)c1cc2ccc(Br)cc2o1)NS(C)(=O)=O)C(=O)N1CCCC1. The summed E-state index contributed by atoms with van der Waals surface area (Å²) in [5.41, 5.74) is 0.563. The van der Waals surface area contributed by atoms with Gasteiger partial charge in [0.1, 0.15) is 23.7 Å². The predicted molar refractivity (Wildman–Crippen MR) is 154 cm³/mol. The Morgan fingerprint density at radius 3 is 2.39 bits per heavy atom. The molecule has 3 atom stereocenters. The first-order chi connectivity index (χ1) is 19.4. The van der Waals surface area contributed by atoms with E-state index in [1.54, 1.807) is 17.0 Å². The number of likely N-dealkylation sites (tertiary alicyclic amines) is 1. The number of furan rings is 1. The smallest absolute Gasteiger partial charge is 0.287 e. The zero-order chi connectivity index (χ0) is 30.2. The van der Waals surface area contributed by atoms with Gasteiger partial charge in [0.15, 0.2) is 5.76 Å². The number of carbonyl (C=O) groups excluding carboxylic acids is 4. The van der Waals surface area contributed by atoms with Crippen LogP contribution >= 0.6 is 15.9 Å². The van der Waals surface area contributed by atoms with Crippen LogP contribution in [0.15, 0.2) is 33.2 Å². The second-order valence-electron chi connectivity index (χ2n) is 9.99. The molecule has 1 aliphatic rings. The zero-order valence-electron chi connectivity index (χ0n) is 22.9. The average molecular weight is 659 g/mol. The van der Waals surface area contributed by atoms with E-state index in [1.807, 2.05) is 12.1 Å². The summed E-state index contributed by atoms with van der Waals surface area (Å²) in [6, 6.07) is 3.58. The first-order valence-corrected chi connectivity index (χ1v) is 16.0. The molecular formula is C26H36BrN5O8S. The van der Waals surface area contributed by atoms with Crippen molar-refractivity contribution in [3.63, 3.8) is 0 Å². The van der Waals surface area contributed by atoms with Crippen LogP contribution in [0.1, 0.15) is 49.6 Å². The summed E-state index contributed by atoms with van der Waals surface area (Å²) in [4.78, 5) is 52.1. The molecule has 2 heterocycles. The number of nitrogens with one attached hydrogen (secondary N) is 4. The number of amides is 4. The fourth-order valence-electron chi connectivity index (χ4n) is 4.43. The highest BCUT2D eigenvalue weighted by molar-refractivity contribution is 9.10. The molecule has 0 spiro atoms. The molecule has 5 N–H and O–H groups in total. The molecule has 4 amide bonds. The predicted octanol–water partition coefficient (Wildman–Crippen LogP) is 0.617. The van der Waals surface area contributed by atoms with E-state index >= 15 is 0 Å². The number of benzene rings is 1. The van der Waals surface area contributed by atoms with Gasteiger partial charge in [-0.3, -0.25) is 19.2 Å². The third-order valence-electron chi connectivity index (χ3n) is 6.55. The van der Waals surface area contributed by atoms with Gasteiger partial charge in [-0.1, -0.05) is 15.9 Å². The molecule has 1 saturated heterocycles. The first-order valence-electron chi connectivity index (χ1n) is 13.3. The Labute approximate surface area is 246 Å². The number of hydrogen-bond acceptors (Lipinski definition) is 8. The van der Waals surface area contributed by atoms with E-state index in [9.17, 15) is 32.7 Å². The summed E-state index contributed by atoms with van der Waals surface area (Å²) in [7, 11) is -3.79. The molecular weight excluding hydrogens is 622 g/mol. The fourth-order valence-corrected chi connectivity index (χ4v) is 5.52. The molecule has 2 aromatic rings. The van der Waals surface area contributed by atoms with Crippen molar-refractivity contribution < 1.29 is 37.1 Å². The second kappa shape index (κ2) is 14.8. The van der Waals surface area contributed by atoms with Gasteiger partial charge in [-0.25, -0.2) is 13.1 Å². The quantitative estimate of drug-likeness (QED) is 0.183. The maximum absolute atomic E-state index is 12.9. The molecule has 3 rings (SSSR count). The number of carbonyl (C=O) groups is 4. The molecule has 0 saturated carbocycles. The summed E-state index contributed by atoms with van der Waals surface area (Å²) in [5, 5.41) is 18.1. The van der Waals surface area contributed by atoms with Crippen molar-refractivity contribution in [3.05, 3.63) is 34.5 Å². The lowest BCUT2D eigenvalue weighted by atomic mass is 10.1. The topological polar surface area (TPSA) is 187 Å². The molecule has 226 valence electrons. The minimum atomic E-state index is -3.79. The molecule has 0 bridgehead atoms. The van der Waals surface area contributed by atoms with Crippen molar-refractivity contribution in [2.75, 3.05) is 32.5 Å². The number of nitrogens with zero attached hydrogens (tertiary/aromatic N) is 1. The number of unbranched alkanes of at least 4 members (excludes halogenated alkanes) is 1. The molecule has 0 aliphatic carbocycles. The van der Waals surface area contributed by atoms with Gasteiger partial charge in [-0.15, -0.1) is 0 Å². The van der Waals surface area contributed by atoms with Crippen molar-refractivity contribution in [1.82, 2.24) is 25.6 Å². The van der Waals surface area contributed by atoms with Gasteiger partial charge in [-0.05, 0) is 63.3 Å². The van der Waals surface area contributed by atoms with Crippen molar-refractivity contribution in [3.8, 4) is 0 Å². The minimum absolute atomic E-state index is 0.0665. The Bertz CT molecular complexity index is 1360. The summed E-state index contributed by atoms with van der Waals surface area (Å²) in [5.74, 6) is -2.08. The Morgan fingerprint density at radius 2 is 1.73 bits per heavy atom. The van der Waals surface area contributed by atoms with Gasteiger partial charge in [0.05, 0.1) is 12.9 Å². The Balaban J connectivity index is 1.49. The number of aliphatic hydroxyl groups is 1. The summed E-state index contributed by atoms with van der Waals surface area (Å²) in [6.45, 7) is 2.24. The number of rotatable bonds is 14. The van der Waals surface area contributed by atoms with Gasteiger partial charge in [-0.2, -0.15) is 0 Å². The highest BCUT2D eigenvalue weighted by atomic mass is 79.9. The van der Waals surface area contributed by atoms with Crippen molar-refractivity contribution >= 4 is 60.6 Å². The third-order valence-corrected chi connectivity index (χ3v) is 7.75. The van der Waals surface area contributed by atoms with E-state index in [-0.39, 0.29) is 24.6 Å². The number of hydrogen-bond donors (Lipinski definition) is 5. The molecule has 15 heteroatoms. The Kier molecular flexibility index (Phi) is 11.7. The number of aliphatic hydroxyl groups excluding tert-OH is 1. The zero-order valence-corrected chi connectivity index (χ0v) is 25.3. The van der Waals surface area contributed by atoms with Crippen LogP contribution in [0, 0.1) is 0 Å². The standard InChI is InChI=1S/C26H36BrN5O8S/c1-16(26(37)32-11-5-6-12-32)29-24(35)20(15-33)30-23(34)19(31-41(2,38)39)7-3-4-10-28-25(36)22-13-17-8-9-18(27)14-21(17)40-22/h8-9,13-14,16,19-20,31,33H,3-7,10-12,15H2,1-2H3,(H,28,36)(H,29,35)(H,30,34)/t16-,19-,20-/m0/s1. The molecule has 1 aliphatic heterocycles. The van der Waals surface area contributed by atoms with Crippen molar-refractivity contribution in [2.45, 2.75) is 57.2 Å². The lowest BCUT2D eigenvalue weighted by Gasteiger charge is -2.24. The van der Waals surface area contributed by atoms with E-state index in [0.717, 1.165) is 29.0 Å². The van der Waals surface area contributed by atoms with E-state index in [2.05, 4.69) is 36.6 Å². The molecule has 1 aromatic heterocycles. The van der Waals surface area contributed by atoms with Crippen LogP contribution in [0.3, 0.4) is 0 Å². The van der Waals surface area contributed by atoms with Crippen molar-refractivity contribution in [2.24, 2.45) is 0 Å². The minimum Gasteiger partial charge on any atom is -0.451 e. The molecule has 13 nitrogen and oxygen atoms in total. The number of sulfonamides is 1. The molecule has 0 radical (unpaired) electrons. The molecule has 41 heavy (non-hydrogen) atoms. The second-order valence-corrected chi connectivity index (χ2v) is 12.7. The average Bonchev–Trinajstić information content (AvgIpc) is 3.59. The fraction of sp³-hybridized carbons (Fsp3) is 0.538. The van der Waals surface area contributed by atoms with Gasteiger partial charge >= 0.3 is 0 Å². The molecule has 1 fully saturated rings.